The molecule has 0 aliphatic carbocycles. The molecule has 0 radical (unpaired) electrons. The highest BCUT2D eigenvalue weighted by atomic mass is 32.1. The van der Waals surface area contributed by atoms with Crippen LogP contribution in [0.5, 0.6) is 0 Å². The first kappa shape index (κ1) is 17.2. The molecule has 6 heteroatoms. The van der Waals surface area contributed by atoms with Crippen molar-refractivity contribution >= 4 is 28.8 Å². The number of anilines is 1. The molecule has 5 nitrogen and oxygen atoms in total. The summed E-state index contributed by atoms with van der Waals surface area (Å²) in [6, 6.07) is 7.99. The molecule has 2 amide bonds. The van der Waals surface area contributed by atoms with E-state index in [1.807, 2.05) is 33.9 Å². The quantitative estimate of drug-likeness (QED) is 0.900. The Balaban J connectivity index is 1.42. The Kier molecular flexibility index (Phi) is 5.04. The minimum atomic E-state index is -0.338. The second-order valence-corrected chi connectivity index (χ2v) is 7.63. The van der Waals surface area contributed by atoms with Crippen LogP contribution in [0.4, 0.5) is 5.69 Å². The molecular weight excluding hydrogens is 348 g/mol. The van der Waals surface area contributed by atoms with Crippen molar-refractivity contribution in [2.45, 2.75) is 38.3 Å². The van der Waals surface area contributed by atoms with Crippen LogP contribution in [-0.2, 0) is 33.7 Å². The molecule has 3 heterocycles. The molecule has 26 heavy (non-hydrogen) atoms. The lowest BCUT2D eigenvalue weighted by atomic mass is 9.98. The van der Waals surface area contributed by atoms with Crippen molar-refractivity contribution < 1.29 is 14.3 Å². The van der Waals surface area contributed by atoms with Gasteiger partial charge in [0, 0.05) is 25.4 Å². The molecule has 1 saturated heterocycles. The minimum Gasteiger partial charge on any atom is -0.368 e. The monoisotopic (exact) mass is 370 g/mol. The maximum atomic E-state index is 12.6. The van der Waals surface area contributed by atoms with E-state index in [2.05, 4.69) is 11.4 Å². The van der Waals surface area contributed by atoms with Gasteiger partial charge in [-0.05, 0) is 64.9 Å². The van der Waals surface area contributed by atoms with Gasteiger partial charge in [-0.25, -0.2) is 0 Å². The van der Waals surface area contributed by atoms with Crippen LogP contribution in [0.15, 0.2) is 35.0 Å². The number of carbonyl (C=O) groups is 2. The van der Waals surface area contributed by atoms with Crippen molar-refractivity contribution in [3.63, 3.8) is 0 Å². The molecule has 2 aliphatic heterocycles. The molecule has 1 atom stereocenters. The molecule has 1 unspecified atom stereocenters. The molecule has 1 N–H and O–H groups in total. The Morgan fingerprint density at radius 3 is 2.96 bits per heavy atom. The maximum absolute atomic E-state index is 12.6. The molecule has 4 rings (SSSR count). The molecule has 136 valence electrons. The average Bonchev–Trinajstić information content (AvgIpc) is 3.35. The molecule has 0 saturated carbocycles. The number of rotatable bonds is 4. The van der Waals surface area contributed by atoms with E-state index in [-0.39, 0.29) is 17.9 Å². The first-order valence-corrected chi connectivity index (χ1v) is 9.96. The molecule has 1 fully saturated rings. The van der Waals surface area contributed by atoms with Crippen LogP contribution in [0.1, 0.15) is 29.5 Å². The van der Waals surface area contributed by atoms with E-state index in [1.165, 1.54) is 5.56 Å². The Morgan fingerprint density at radius 2 is 2.19 bits per heavy atom. The summed E-state index contributed by atoms with van der Waals surface area (Å²) in [7, 11) is 0. The number of nitrogens with zero attached hydrogens (tertiary/aromatic N) is 1. The van der Waals surface area contributed by atoms with E-state index in [4.69, 9.17) is 4.74 Å². The Hall–Kier alpha value is -2.18. The number of thiophene rings is 1. The first-order chi connectivity index (χ1) is 12.7. The van der Waals surface area contributed by atoms with Crippen LogP contribution in [0.2, 0.25) is 0 Å². The number of carbonyl (C=O) groups excluding carboxylic acids is 2. The van der Waals surface area contributed by atoms with E-state index >= 15 is 0 Å². The lowest BCUT2D eigenvalue weighted by Gasteiger charge is -2.29. The predicted octanol–water partition coefficient (Wildman–Crippen LogP) is 2.99. The number of hydrogen-bond donors (Lipinski definition) is 1. The Bertz CT molecular complexity index is 797. The van der Waals surface area contributed by atoms with Gasteiger partial charge in [0.1, 0.15) is 6.10 Å². The number of hydrogen-bond acceptors (Lipinski definition) is 4. The predicted molar refractivity (Wildman–Crippen MR) is 101 cm³/mol. The second-order valence-electron chi connectivity index (χ2n) is 6.85. The number of benzene rings is 1. The van der Waals surface area contributed by atoms with Gasteiger partial charge in [0.2, 0.25) is 5.91 Å². The summed E-state index contributed by atoms with van der Waals surface area (Å²) in [6.07, 6.45) is 2.68. The summed E-state index contributed by atoms with van der Waals surface area (Å²) in [5.41, 5.74) is 4.21. The van der Waals surface area contributed by atoms with Gasteiger partial charge >= 0.3 is 0 Å². The zero-order chi connectivity index (χ0) is 17.9. The fourth-order valence-electron chi connectivity index (χ4n) is 3.53. The van der Waals surface area contributed by atoms with Crippen LogP contribution in [0.25, 0.3) is 0 Å². The van der Waals surface area contributed by atoms with Crippen LogP contribution in [-0.4, -0.2) is 36.0 Å². The van der Waals surface area contributed by atoms with Gasteiger partial charge in [-0.1, -0.05) is 6.07 Å². The van der Waals surface area contributed by atoms with E-state index in [1.54, 1.807) is 11.3 Å². The first-order valence-electron chi connectivity index (χ1n) is 9.02. The summed E-state index contributed by atoms with van der Waals surface area (Å²) in [4.78, 5) is 26.7. The normalized spacial score (nSPS) is 19.2. The second kappa shape index (κ2) is 7.60. The third kappa shape index (κ3) is 3.81. The van der Waals surface area contributed by atoms with E-state index in [0.717, 1.165) is 42.6 Å². The zero-order valence-electron chi connectivity index (χ0n) is 14.6. The molecule has 2 aromatic rings. The summed E-state index contributed by atoms with van der Waals surface area (Å²) in [5, 5.41) is 6.97. The number of fused-ring (bicyclic) bond motifs is 1. The van der Waals surface area contributed by atoms with Gasteiger partial charge in [0.05, 0.1) is 6.42 Å². The summed E-state index contributed by atoms with van der Waals surface area (Å²) < 4.78 is 5.43. The van der Waals surface area contributed by atoms with Gasteiger partial charge in [0.15, 0.2) is 0 Å². The van der Waals surface area contributed by atoms with E-state index in [0.29, 0.717) is 19.6 Å². The third-order valence-corrected chi connectivity index (χ3v) is 5.73. The SMILES string of the molecule is O=C(Nc1ccc2c(c1)CN(C(=O)Cc1ccsc1)CC2)C1CCCO1. The highest BCUT2D eigenvalue weighted by Crippen LogP contribution is 2.24. The molecule has 0 bridgehead atoms. The number of amides is 2. The number of ether oxygens (including phenoxy) is 1. The van der Waals surface area contributed by atoms with Crippen molar-refractivity contribution in [1.82, 2.24) is 4.90 Å². The third-order valence-electron chi connectivity index (χ3n) is 5.00. The smallest absolute Gasteiger partial charge is 0.253 e. The van der Waals surface area contributed by atoms with Gasteiger partial charge in [-0.15, -0.1) is 0 Å². The highest BCUT2D eigenvalue weighted by Gasteiger charge is 2.25. The molecule has 2 aliphatic rings. The molecule has 1 aromatic carbocycles. The number of nitrogens with one attached hydrogen (secondary N) is 1. The van der Waals surface area contributed by atoms with Crippen molar-refractivity contribution in [3.05, 3.63) is 51.7 Å². The fraction of sp³-hybridized carbons (Fsp3) is 0.400. The zero-order valence-corrected chi connectivity index (χ0v) is 15.4. The lowest BCUT2D eigenvalue weighted by Crippen LogP contribution is -2.37. The molecule has 0 spiro atoms. The van der Waals surface area contributed by atoms with Crippen molar-refractivity contribution in [2.75, 3.05) is 18.5 Å². The highest BCUT2D eigenvalue weighted by molar-refractivity contribution is 7.08. The Morgan fingerprint density at radius 1 is 1.27 bits per heavy atom. The Labute approximate surface area is 157 Å². The summed E-state index contributed by atoms with van der Waals surface area (Å²) in [6.45, 7) is 2.00. The van der Waals surface area contributed by atoms with Gasteiger partial charge in [-0.3, -0.25) is 9.59 Å². The van der Waals surface area contributed by atoms with Crippen molar-refractivity contribution in [1.29, 1.82) is 0 Å². The standard InChI is InChI=1S/C20H22N2O3S/c23-19(10-14-6-9-26-13-14)22-7-5-15-3-4-17(11-16(15)12-22)21-20(24)18-2-1-8-25-18/h3-4,6,9,11,13,18H,1-2,5,7-8,10,12H2,(H,21,24). The minimum absolute atomic E-state index is 0.0800. The average molecular weight is 370 g/mol. The summed E-state index contributed by atoms with van der Waals surface area (Å²) in [5.74, 6) is 0.0755. The van der Waals surface area contributed by atoms with E-state index in [9.17, 15) is 9.59 Å². The fourth-order valence-corrected chi connectivity index (χ4v) is 4.20. The van der Waals surface area contributed by atoms with E-state index < -0.39 is 0 Å². The van der Waals surface area contributed by atoms with Crippen molar-refractivity contribution in [2.24, 2.45) is 0 Å². The van der Waals surface area contributed by atoms with Crippen molar-refractivity contribution in [3.8, 4) is 0 Å². The van der Waals surface area contributed by atoms with Gasteiger partial charge < -0.3 is 15.0 Å². The maximum Gasteiger partial charge on any atom is 0.253 e. The van der Waals surface area contributed by atoms with Crippen LogP contribution < -0.4 is 5.32 Å². The topological polar surface area (TPSA) is 58.6 Å². The van der Waals surface area contributed by atoms with Gasteiger partial charge in [0.25, 0.3) is 5.91 Å². The summed E-state index contributed by atoms with van der Waals surface area (Å²) >= 11 is 1.61. The van der Waals surface area contributed by atoms with Crippen LogP contribution in [0, 0.1) is 0 Å². The molecule has 1 aromatic heterocycles. The largest absolute Gasteiger partial charge is 0.368 e. The lowest BCUT2D eigenvalue weighted by molar-refractivity contribution is -0.131. The molecular formula is C20H22N2O3S. The van der Waals surface area contributed by atoms with Crippen LogP contribution >= 0.6 is 11.3 Å². The van der Waals surface area contributed by atoms with Gasteiger partial charge in [-0.2, -0.15) is 11.3 Å². The van der Waals surface area contributed by atoms with Crippen LogP contribution in [0.3, 0.4) is 0 Å².